The highest BCUT2D eigenvalue weighted by Gasteiger charge is 2.10. The Morgan fingerprint density at radius 2 is 2.12 bits per heavy atom. The fourth-order valence-corrected chi connectivity index (χ4v) is 1.98. The summed E-state index contributed by atoms with van der Waals surface area (Å²) < 4.78 is 13.5. The summed E-state index contributed by atoms with van der Waals surface area (Å²) in [4.78, 5) is 0. The third-order valence-electron chi connectivity index (χ3n) is 2.54. The van der Waals surface area contributed by atoms with Crippen molar-refractivity contribution in [3.63, 3.8) is 0 Å². The third-order valence-corrected chi connectivity index (χ3v) is 3.15. The van der Waals surface area contributed by atoms with Gasteiger partial charge in [-0.15, -0.1) is 0 Å². The van der Waals surface area contributed by atoms with E-state index in [1.54, 1.807) is 12.1 Å². The first-order chi connectivity index (χ1) is 7.54. The summed E-state index contributed by atoms with van der Waals surface area (Å²) in [6.07, 6.45) is 0.715. The Morgan fingerprint density at radius 1 is 1.44 bits per heavy atom. The van der Waals surface area contributed by atoms with Gasteiger partial charge in [0.25, 0.3) is 0 Å². The molecule has 1 aromatic carbocycles. The van der Waals surface area contributed by atoms with Crippen molar-refractivity contribution in [3.8, 4) is 0 Å². The maximum Gasteiger partial charge on any atom is 0.137 e. The lowest BCUT2D eigenvalue weighted by molar-refractivity contribution is 0.264. The summed E-state index contributed by atoms with van der Waals surface area (Å²) in [5.41, 5.74) is 1.03. The average molecular weight is 290 g/mol. The largest absolute Gasteiger partial charge is 0.396 e. The predicted octanol–water partition coefficient (Wildman–Crippen LogP) is 3.01. The molecule has 0 aliphatic heterocycles. The summed E-state index contributed by atoms with van der Waals surface area (Å²) in [7, 11) is 0. The van der Waals surface area contributed by atoms with Crippen LogP contribution in [-0.2, 0) is 0 Å². The van der Waals surface area contributed by atoms with Crippen molar-refractivity contribution in [2.24, 2.45) is 0 Å². The molecule has 0 aliphatic rings. The van der Waals surface area contributed by atoms with Crippen LogP contribution in [0.1, 0.15) is 31.9 Å². The molecule has 90 valence electrons. The van der Waals surface area contributed by atoms with Gasteiger partial charge in [-0.3, -0.25) is 0 Å². The quantitative estimate of drug-likeness (QED) is 0.873. The third kappa shape index (κ3) is 3.85. The zero-order chi connectivity index (χ0) is 12.1. The van der Waals surface area contributed by atoms with E-state index in [4.69, 9.17) is 5.11 Å². The van der Waals surface area contributed by atoms with Gasteiger partial charge in [0.1, 0.15) is 5.82 Å². The first-order valence-electron chi connectivity index (χ1n) is 5.36. The Morgan fingerprint density at radius 3 is 2.69 bits per heavy atom. The lowest BCUT2D eigenvalue weighted by atomic mass is 10.1. The fraction of sp³-hybridized carbons (Fsp3) is 0.500. The molecule has 0 amide bonds. The maximum absolute atomic E-state index is 13.0. The van der Waals surface area contributed by atoms with E-state index < -0.39 is 0 Å². The molecule has 0 aromatic heterocycles. The van der Waals surface area contributed by atoms with Crippen LogP contribution in [0.5, 0.6) is 0 Å². The van der Waals surface area contributed by atoms with Crippen molar-refractivity contribution in [1.82, 2.24) is 5.32 Å². The zero-order valence-corrected chi connectivity index (χ0v) is 11.1. The van der Waals surface area contributed by atoms with Gasteiger partial charge in [-0.05, 0) is 53.9 Å². The molecule has 0 spiro atoms. The van der Waals surface area contributed by atoms with Gasteiger partial charge in [0.15, 0.2) is 0 Å². The second kappa shape index (κ2) is 6.33. The summed E-state index contributed by atoms with van der Waals surface area (Å²) in [5.74, 6) is -0.251. The monoisotopic (exact) mass is 289 g/mol. The van der Waals surface area contributed by atoms with Gasteiger partial charge in [-0.25, -0.2) is 4.39 Å². The number of halogens is 2. The minimum absolute atomic E-state index is 0.137. The van der Waals surface area contributed by atoms with Crippen molar-refractivity contribution >= 4 is 15.9 Å². The van der Waals surface area contributed by atoms with E-state index in [0.717, 1.165) is 5.56 Å². The van der Waals surface area contributed by atoms with Gasteiger partial charge in [0.05, 0.1) is 4.47 Å². The molecule has 16 heavy (non-hydrogen) atoms. The molecule has 2 N–H and O–H groups in total. The van der Waals surface area contributed by atoms with Crippen LogP contribution in [0.2, 0.25) is 0 Å². The van der Waals surface area contributed by atoms with Crippen molar-refractivity contribution in [2.75, 3.05) is 6.61 Å². The highest BCUT2D eigenvalue weighted by molar-refractivity contribution is 9.10. The summed E-state index contributed by atoms with van der Waals surface area (Å²) in [6, 6.07) is 5.37. The topological polar surface area (TPSA) is 32.3 Å². The zero-order valence-electron chi connectivity index (χ0n) is 9.50. The van der Waals surface area contributed by atoms with E-state index >= 15 is 0 Å². The van der Waals surface area contributed by atoms with Crippen molar-refractivity contribution < 1.29 is 9.50 Å². The molecule has 1 unspecified atom stereocenters. The van der Waals surface area contributed by atoms with Crippen LogP contribution < -0.4 is 5.32 Å². The van der Waals surface area contributed by atoms with Gasteiger partial charge >= 0.3 is 0 Å². The van der Waals surface area contributed by atoms with Gasteiger partial charge in [-0.2, -0.15) is 0 Å². The molecule has 2 atom stereocenters. The molecule has 4 heteroatoms. The second-order valence-corrected chi connectivity index (χ2v) is 4.83. The number of rotatable bonds is 5. The molecule has 2 nitrogen and oxygen atoms in total. The number of benzene rings is 1. The SMILES string of the molecule is CC(N[C@H](C)CCO)c1ccc(F)c(Br)c1. The number of aliphatic hydroxyl groups is 1. The molecule has 0 fully saturated rings. The highest BCUT2D eigenvalue weighted by atomic mass is 79.9. The van der Waals surface area contributed by atoms with Crippen LogP contribution in [0.4, 0.5) is 4.39 Å². The van der Waals surface area contributed by atoms with Crippen molar-refractivity contribution in [2.45, 2.75) is 32.4 Å². The number of nitrogens with one attached hydrogen (secondary N) is 1. The van der Waals surface area contributed by atoms with Crippen molar-refractivity contribution in [1.29, 1.82) is 0 Å². The molecule has 0 saturated carbocycles. The molecule has 0 aliphatic carbocycles. The van der Waals surface area contributed by atoms with Crippen LogP contribution in [0, 0.1) is 5.82 Å². The van der Waals surface area contributed by atoms with Crippen LogP contribution in [-0.4, -0.2) is 17.8 Å². The van der Waals surface area contributed by atoms with Crippen LogP contribution in [0.3, 0.4) is 0 Å². The maximum atomic E-state index is 13.0. The van der Waals surface area contributed by atoms with E-state index in [0.29, 0.717) is 10.9 Å². The Labute approximate surface area is 104 Å². The minimum Gasteiger partial charge on any atom is -0.396 e. The molecule has 0 heterocycles. The van der Waals surface area contributed by atoms with Crippen LogP contribution in [0.15, 0.2) is 22.7 Å². The normalized spacial score (nSPS) is 14.8. The molecule has 0 radical (unpaired) electrons. The smallest absolute Gasteiger partial charge is 0.137 e. The molecule has 1 rings (SSSR count). The summed E-state index contributed by atoms with van der Waals surface area (Å²) in [6.45, 7) is 4.22. The van der Waals surface area contributed by atoms with Crippen LogP contribution >= 0.6 is 15.9 Å². The molecule has 0 bridgehead atoms. The molecule has 1 aromatic rings. The summed E-state index contributed by atoms with van der Waals surface area (Å²) in [5, 5.41) is 12.1. The van der Waals surface area contributed by atoms with E-state index in [1.165, 1.54) is 6.07 Å². The van der Waals surface area contributed by atoms with Gasteiger partial charge in [0.2, 0.25) is 0 Å². The second-order valence-electron chi connectivity index (χ2n) is 3.98. The number of hydrogen-bond donors (Lipinski definition) is 2. The van der Waals surface area contributed by atoms with Gasteiger partial charge in [-0.1, -0.05) is 6.07 Å². The standard InChI is InChI=1S/C12H17BrFNO/c1-8(5-6-16)15-9(2)10-3-4-12(14)11(13)7-10/h3-4,7-9,15-16H,5-6H2,1-2H3/t8-,9?/m1/s1. The molecular formula is C12H17BrFNO. The lowest BCUT2D eigenvalue weighted by Gasteiger charge is -2.20. The Bertz CT molecular complexity index is 346. The Balaban J connectivity index is 2.65. The lowest BCUT2D eigenvalue weighted by Crippen LogP contribution is -2.29. The molecular weight excluding hydrogens is 273 g/mol. The van der Waals surface area contributed by atoms with Gasteiger partial charge in [0, 0.05) is 18.7 Å². The minimum atomic E-state index is -0.251. The first-order valence-corrected chi connectivity index (χ1v) is 6.15. The number of hydrogen-bond acceptors (Lipinski definition) is 2. The highest BCUT2D eigenvalue weighted by Crippen LogP contribution is 2.21. The Kier molecular flexibility index (Phi) is 5.38. The number of aliphatic hydroxyl groups excluding tert-OH is 1. The van der Waals surface area contributed by atoms with E-state index in [2.05, 4.69) is 21.2 Å². The van der Waals surface area contributed by atoms with E-state index in [9.17, 15) is 4.39 Å². The first kappa shape index (κ1) is 13.6. The average Bonchev–Trinajstić information content (AvgIpc) is 2.22. The predicted molar refractivity (Wildman–Crippen MR) is 66.8 cm³/mol. The Hall–Kier alpha value is -0.450. The van der Waals surface area contributed by atoms with Gasteiger partial charge < -0.3 is 10.4 Å². The summed E-state index contributed by atoms with van der Waals surface area (Å²) >= 11 is 3.17. The molecule has 0 saturated heterocycles. The van der Waals surface area contributed by atoms with Crippen LogP contribution in [0.25, 0.3) is 0 Å². The van der Waals surface area contributed by atoms with Crippen molar-refractivity contribution in [3.05, 3.63) is 34.1 Å². The fourth-order valence-electron chi connectivity index (χ4n) is 1.58. The van der Waals surface area contributed by atoms with E-state index in [1.807, 2.05) is 13.8 Å². The van der Waals surface area contributed by atoms with E-state index in [-0.39, 0.29) is 24.5 Å².